The van der Waals surface area contributed by atoms with Gasteiger partial charge in [-0.3, -0.25) is 4.79 Å². The van der Waals surface area contributed by atoms with E-state index in [0.717, 1.165) is 6.07 Å². The Bertz CT molecular complexity index is 491. The molecule has 0 aromatic heterocycles. The van der Waals surface area contributed by atoms with Gasteiger partial charge in [0.2, 0.25) is 0 Å². The minimum absolute atomic E-state index is 0.00710. The first kappa shape index (κ1) is 15.0. The van der Waals surface area contributed by atoms with Crippen molar-refractivity contribution >= 4 is 5.91 Å². The smallest absolute Gasteiger partial charge is 0.251 e. The highest BCUT2D eigenvalue weighted by atomic mass is 19.1. The number of halogens is 1. The molecule has 4 heteroatoms. The summed E-state index contributed by atoms with van der Waals surface area (Å²) in [6.07, 6.45) is 5.03. The fourth-order valence-corrected chi connectivity index (χ4v) is 1.34. The van der Waals surface area contributed by atoms with Gasteiger partial charge in [-0.25, -0.2) is 4.39 Å². The minimum Gasteiger partial charge on any atom is -0.478 e. The van der Waals surface area contributed by atoms with Crippen LogP contribution in [0.4, 0.5) is 4.39 Å². The Morgan fingerprint density at radius 2 is 2.16 bits per heavy atom. The van der Waals surface area contributed by atoms with E-state index in [0.29, 0.717) is 5.92 Å². The van der Waals surface area contributed by atoms with Gasteiger partial charge in [-0.15, -0.1) is 6.42 Å². The zero-order chi connectivity index (χ0) is 14.4. The molecular weight excluding hydrogens is 245 g/mol. The first-order valence-electron chi connectivity index (χ1n) is 6.12. The fourth-order valence-electron chi connectivity index (χ4n) is 1.34. The maximum atomic E-state index is 13.7. The highest BCUT2D eigenvalue weighted by Gasteiger charge is 2.14. The summed E-state index contributed by atoms with van der Waals surface area (Å²) in [7, 11) is 0. The molecule has 0 aliphatic heterocycles. The van der Waals surface area contributed by atoms with Crippen molar-refractivity contribution in [1.82, 2.24) is 5.32 Å². The summed E-state index contributed by atoms with van der Waals surface area (Å²) >= 11 is 0. The fraction of sp³-hybridized carbons (Fsp3) is 0.400. The van der Waals surface area contributed by atoms with E-state index in [-0.39, 0.29) is 29.9 Å². The topological polar surface area (TPSA) is 38.3 Å². The third-order valence-corrected chi connectivity index (χ3v) is 2.86. The number of hydrogen-bond donors (Lipinski definition) is 1. The molecule has 0 aliphatic carbocycles. The van der Waals surface area contributed by atoms with Crippen LogP contribution in [-0.2, 0) is 0 Å². The average molecular weight is 263 g/mol. The molecule has 1 atom stereocenters. The molecule has 0 saturated heterocycles. The van der Waals surface area contributed by atoms with Crippen LogP contribution in [0.15, 0.2) is 18.2 Å². The number of rotatable bonds is 5. The standard InChI is InChI=1S/C15H18FNO2/c1-5-8-19-14-7-6-12(9-13(14)16)15(18)17-11(4)10(2)3/h1,6-7,9-11H,8H2,2-4H3,(H,17,18). The second kappa shape index (κ2) is 6.79. The van der Waals surface area contributed by atoms with Gasteiger partial charge < -0.3 is 10.1 Å². The maximum absolute atomic E-state index is 13.7. The van der Waals surface area contributed by atoms with Crippen molar-refractivity contribution < 1.29 is 13.9 Å². The van der Waals surface area contributed by atoms with E-state index in [1.165, 1.54) is 12.1 Å². The Morgan fingerprint density at radius 3 is 2.68 bits per heavy atom. The van der Waals surface area contributed by atoms with Crippen LogP contribution < -0.4 is 10.1 Å². The summed E-state index contributed by atoms with van der Waals surface area (Å²) in [6.45, 7) is 5.90. The van der Waals surface area contributed by atoms with E-state index in [2.05, 4.69) is 11.2 Å². The van der Waals surface area contributed by atoms with Gasteiger partial charge in [-0.2, -0.15) is 0 Å². The van der Waals surface area contributed by atoms with Gasteiger partial charge in [0.1, 0.15) is 6.61 Å². The summed E-state index contributed by atoms with van der Waals surface area (Å²) in [5.74, 6) is 1.71. The van der Waals surface area contributed by atoms with Gasteiger partial charge in [0.25, 0.3) is 5.91 Å². The summed E-state index contributed by atoms with van der Waals surface area (Å²) in [5.41, 5.74) is 0.262. The van der Waals surface area contributed by atoms with E-state index in [9.17, 15) is 9.18 Å². The minimum atomic E-state index is -0.597. The highest BCUT2D eigenvalue weighted by Crippen LogP contribution is 2.18. The van der Waals surface area contributed by atoms with Gasteiger partial charge in [0.15, 0.2) is 11.6 Å². The van der Waals surface area contributed by atoms with Crippen molar-refractivity contribution in [2.24, 2.45) is 5.92 Å². The number of carbonyl (C=O) groups is 1. The molecule has 0 spiro atoms. The van der Waals surface area contributed by atoms with Crippen LogP contribution in [0.1, 0.15) is 31.1 Å². The van der Waals surface area contributed by atoms with Crippen molar-refractivity contribution in [1.29, 1.82) is 0 Å². The first-order chi connectivity index (χ1) is 8.95. The van der Waals surface area contributed by atoms with Crippen molar-refractivity contribution in [3.63, 3.8) is 0 Å². The van der Waals surface area contributed by atoms with Crippen LogP contribution in [0, 0.1) is 24.1 Å². The molecular formula is C15H18FNO2. The molecule has 1 rings (SSSR count). The van der Waals surface area contributed by atoms with E-state index in [4.69, 9.17) is 11.2 Å². The lowest BCUT2D eigenvalue weighted by Gasteiger charge is -2.17. The van der Waals surface area contributed by atoms with Gasteiger partial charge in [0, 0.05) is 11.6 Å². The maximum Gasteiger partial charge on any atom is 0.251 e. The molecule has 1 unspecified atom stereocenters. The van der Waals surface area contributed by atoms with E-state index in [1.54, 1.807) is 0 Å². The molecule has 19 heavy (non-hydrogen) atoms. The zero-order valence-electron chi connectivity index (χ0n) is 11.4. The average Bonchev–Trinajstić information content (AvgIpc) is 2.36. The predicted octanol–water partition coefficient (Wildman–Crippen LogP) is 2.61. The summed E-state index contributed by atoms with van der Waals surface area (Å²) in [4.78, 5) is 11.9. The molecule has 1 N–H and O–H groups in total. The predicted molar refractivity (Wildman–Crippen MR) is 72.5 cm³/mol. The Hall–Kier alpha value is -2.02. The number of amides is 1. The van der Waals surface area contributed by atoms with Crippen LogP contribution in [-0.4, -0.2) is 18.6 Å². The van der Waals surface area contributed by atoms with Crippen molar-refractivity contribution in [3.8, 4) is 18.1 Å². The Kier molecular flexibility index (Phi) is 5.37. The number of terminal acetylenes is 1. The number of carbonyl (C=O) groups excluding carboxylic acids is 1. The normalized spacial score (nSPS) is 11.8. The third kappa shape index (κ3) is 4.29. The van der Waals surface area contributed by atoms with Gasteiger partial charge in [-0.05, 0) is 31.0 Å². The first-order valence-corrected chi connectivity index (χ1v) is 6.12. The Morgan fingerprint density at radius 1 is 1.47 bits per heavy atom. The number of nitrogens with one attached hydrogen (secondary N) is 1. The second-order valence-corrected chi connectivity index (χ2v) is 4.64. The lowest BCUT2D eigenvalue weighted by molar-refractivity contribution is 0.0930. The number of ether oxygens (including phenoxy) is 1. The lowest BCUT2D eigenvalue weighted by Crippen LogP contribution is -2.36. The van der Waals surface area contributed by atoms with Gasteiger partial charge in [0.05, 0.1) is 0 Å². The summed E-state index contributed by atoms with van der Waals surface area (Å²) in [5, 5.41) is 2.81. The molecule has 0 saturated carbocycles. The molecule has 0 fully saturated rings. The van der Waals surface area contributed by atoms with Crippen molar-refractivity contribution in [2.75, 3.05) is 6.61 Å². The van der Waals surface area contributed by atoms with Gasteiger partial charge in [-0.1, -0.05) is 19.8 Å². The van der Waals surface area contributed by atoms with E-state index >= 15 is 0 Å². The van der Waals surface area contributed by atoms with Crippen LogP contribution in [0.3, 0.4) is 0 Å². The number of hydrogen-bond acceptors (Lipinski definition) is 2. The van der Waals surface area contributed by atoms with Crippen molar-refractivity contribution in [3.05, 3.63) is 29.6 Å². The van der Waals surface area contributed by atoms with Crippen molar-refractivity contribution in [2.45, 2.75) is 26.8 Å². The molecule has 1 aromatic rings. The molecule has 0 heterocycles. The summed E-state index contributed by atoms with van der Waals surface area (Å²) < 4.78 is 18.7. The second-order valence-electron chi connectivity index (χ2n) is 4.64. The zero-order valence-corrected chi connectivity index (χ0v) is 11.4. The Balaban J connectivity index is 2.77. The van der Waals surface area contributed by atoms with Crippen LogP contribution in [0.2, 0.25) is 0 Å². The monoisotopic (exact) mass is 263 g/mol. The molecule has 0 aliphatic rings. The SMILES string of the molecule is C#CCOc1ccc(C(=O)NC(C)C(C)C)cc1F. The van der Waals surface area contributed by atoms with Crippen LogP contribution in [0.25, 0.3) is 0 Å². The van der Waals surface area contributed by atoms with Crippen LogP contribution in [0.5, 0.6) is 5.75 Å². The number of benzene rings is 1. The quantitative estimate of drug-likeness (QED) is 0.829. The largest absolute Gasteiger partial charge is 0.478 e. The van der Waals surface area contributed by atoms with E-state index < -0.39 is 5.82 Å². The molecule has 1 amide bonds. The highest BCUT2D eigenvalue weighted by molar-refractivity contribution is 5.94. The third-order valence-electron chi connectivity index (χ3n) is 2.86. The molecule has 1 aromatic carbocycles. The van der Waals surface area contributed by atoms with Gasteiger partial charge >= 0.3 is 0 Å². The van der Waals surface area contributed by atoms with Crippen LogP contribution >= 0.6 is 0 Å². The molecule has 3 nitrogen and oxygen atoms in total. The molecule has 0 radical (unpaired) electrons. The van der Waals surface area contributed by atoms with E-state index in [1.807, 2.05) is 20.8 Å². The molecule has 102 valence electrons. The Labute approximate surface area is 113 Å². The summed E-state index contributed by atoms with van der Waals surface area (Å²) in [6, 6.07) is 4.08. The molecule has 0 bridgehead atoms. The lowest BCUT2D eigenvalue weighted by atomic mass is 10.1.